The topological polar surface area (TPSA) is 41.1 Å². The third kappa shape index (κ3) is 3.54. The van der Waals surface area contributed by atoms with Crippen LogP contribution in [0.2, 0.25) is 0 Å². The molecule has 1 unspecified atom stereocenters. The molecule has 0 aromatic carbocycles. The highest BCUT2D eigenvalue weighted by atomic mass is 19.1. The summed E-state index contributed by atoms with van der Waals surface area (Å²) in [7, 11) is 0. The van der Waals surface area contributed by atoms with Gasteiger partial charge in [-0.25, -0.2) is 8.78 Å². The number of aryl methyl sites for hydroxylation is 1. The molecule has 0 amide bonds. The Balaban J connectivity index is 1.35. The van der Waals surface area contributed by atoms with Gasteiger partial charge in [0.15, 0.2) is 5.67 Å². The van der Waals surface area contributed by atoms with Gasteiger partial charge in [0, 0.05) is 55.2 Å². The second kappa shape index (κ2) is 7.65. The number of alkyl halides is 1. The molecule has 1 spiro atoms. The number of likely N-dealkylation sites (tertiary alicyclic amines) is 1. The highest BCUT2D eigenvalue weighted by molar-refractivity contribution is 5.66. The molecule has 160 valence electrons. The van der Waals surface area contributed by atoms with E-state index in [1.807, 2.05) is 19.1 Å². The Hall–Kier alpha value is -1.92. The Morgan fingerprint density at radius 2 is 1.93 bits per heavy atom. The van der Waals surface area contributed by atoms with E-state index in [0.29, 0.717) is 35.6 Å². The van der Waals surface area contributed by atoms with Crippen molar-refractivity contribution in [2.45, 2.75) is 57.2 Å². The van der Waals surface area contributed by atoms with Gasteiger partial charge in [0.2, 0.25) is 0 Å². The molecule has 1 saturated carbocycles. The van der Waals surface area contributed by atoms with E-state index in [9.17, 15) is 4.39 Å². The minimum absolute atomic E-state index is 0.362. The molecule has 30 heavy (non-hydrogen) atoms. The monoisotopic (exact) mass is 412 g/mol. The maximum absolute atomic E-state index is 16.2. The second-order valence-corrected chi connectivity index (χ2v) is 9.44. The normalized spacial score (nSPS) is 25.4. The summed E-state index contributed by atoms with van der Waals surface area (Å²) >= 11 is 0. The van der Waals surface area contributed by atoms with Crippen molar-refractivity contribution in [2.24, 2.45) is 5.41 Å². The van der Waals surface area contributed by atoms with Gasteiger partial charge in [-0.15, -0.1) is 0 Å². The number of rotatable bonds is 4. The van der Waals surface area contributed by atoms with Crippen molar-refractivity contribution in [2.75, 3.05) is 26.2 Å². The molecule has 5 rings (SSSR count). The van der Waals surface area contributed by atoms with Crippen LogP contribution in [0.25, 0.3) is 11.1 Å². The SMILES string of the molecule is CCc1ccc(-c2cc(F)cnc2C2(F)CCN(C3CCC4(CNC4)C3)CC2)cn1. The molecule has 2 aliphatic heterocycles. The van der Waals surface area contributed by atoms with Gasteiger partial charge in [-0.1, -0.05) is 13.0 Å². The van der Waals surface area contributed by atoms with Crippen molar-refractivity contribution in [3.05, 3.63) is 47.8 Å². The summed E-state index contributed by atoms with van der Waals surface area (Å²) in [5.74, 6) is -0.445. The number of piperidine rings is 1. The quantitative estimate of drug-likeness (QED) is 0.815. The molecule has 1 atom stereocenters. The van der Waals surface area contributed by atoms with Gasteiger partial charge in [0.1, 0.15) is 5.82 Å². The van der Waals surface area contributed by atoms with Crippen molar-refractivity contribution in [1.82, 2.24) is 20.2 Å². The van der Waals surface area contributed by atoms with Crippen molar-refractivity contribution in [3.8, 4) is 11.1 Å². The number of pyridine rings is 2. The summed E-state index contributed by atoms with van der Waals surface area (Å²) in [6.07, 6.45) is 8.22. The summed E-state index contributed by atoms with van der Waals surface area (Å²) in [5, 5.41) is 3.41. The average molecular weight is 413 g/mol. The van der Waals surface area contributed by atoms with Crippen molar-refractivity contribution < 1.29 is 8.78 Å². The van der Waals surface area contributed by atoms with E-state index >= 15 is 4.39 Å². The van der Waals surface area contributed by atoms with Crippen LogP contribution < -0.4 is 5.32 Å². The Labute approximate surface area is 177 Å². The zero-order valence-corrected chi connectivity index (χ0v) is 17.6. The molecule has 4 nitrogen and oxygen atoms in total. The van der Waals surface area contributed by atoms with Crippen LogP contribution in [-0.4, -0.2) is 47.1 Å². The summed E-state index contributed by atoms with van der Waals surface area (Å²) in [4.78, 5) is 11.2. The Morgan fingerprint density at radius 3 is 2.53 bits per heavy atom. The molecule has 3 fully saturated rings. The smallest absolute Gasteiger partial charge is 0.155 e. The summed E-state index contributed by atoms with van der Waals surface area (Å²) < 4.78 is 30.2. The standard InChI is InChI=1S/C24H30F2N4/c1-2-19-4-3-17(13-28-19)21-11-18(25)14-29-22(21)24(26)7-9-30(10-8-24)20-5-6-23(12-20)15-27-16-23/h3-4,11,13-14,20,27H,2,5-10,12,15-16H2,1H3. The van der Waals surface area contributed by atoms with E-state index in [-0.39, 0.29) is 0 Å². The van der Waals surface area contributed by atoms with Gasteiger partial charge in [0.05, 0.1) is 11.9 Å². The third-order valence-corrected chi connectivity index (χ3v) is 7.56. The average Bonchev–Trinajstić information content (AvgIpc) is 3.21. The Bertz CT molecular complexity index is 902. The van der Waals surface area contributed by atoms with Crippen LogP contribution >= 0.6 is 0 Å². The van der Waals surface area contributed by atoms with E-state index in [4.69, 9.17) is 0 Å². The zero-order chi connectivity index (χ0) is 20.8. The number of nitrogens with one attached hydrogen (secondary N) is 1. The van der Waals surface area contributed by atoms with Gasteiger partial charge < -0.3 is 10.2 Å². The van der Waals surface area contributed by atoms with Crippen molar-refractivity contribution in [3.63, 3.8) is 0 Å². The first-order chi connectivity index (χ1) is 14.5. The van der Waals surface area contributed by atoms with Crippen molar-refractivity contribution in [1.29, 1.82) is 0 Å². The highest BCUT2D eigenvalue weighted by Crippen LogP contribution is 2.46. The molecule has 1 N–H and O–H groups in total. The third-order valence-electron chi connectivity index (χ3n) is 7.56. The van der Waals surface area contributed by atoms with Gasteiger partial charge in [-0.05, 0) is 56.1 Å². The van der Waals surface area contributed by atoms with E-state index in [1.54, 1.807) is 6.20 Å². The lowest BCUT2D eigenvalue weighted by Crippen LogP contribution is -2.53. The number of hydrogen-bond acceptors (Lipinski definition) is 4. The first kappa shape index (κ1) is 20.0. The molecule has 6 heteroatoms. The van der Waals surface area contributed by atoms with Crippen LogP contribution in [0.4, 0.5) is 8.78 Å². The fourth-order valence-corrected chi connectivity index (χ4v) is 5.58. The molecule has 2 saturated heterocycles. The minimum atomic E-state index is -1.53. The van der Waals surface area contributed by atoms with Gasteiger partial charge >= 0.3 is 0 Å². The fourth-order valence-electron chi connectivity index (χ4n) is 5.58. The first-order valence-electron chi connectivity index (χ1n) is 11.3. The molecule has 2 aromatic heterocycles. The largest absolute Gasteiger partial charge is 0.316 e. The summed E-state index contributed by atoms with van der Waals surface area (Å²) in [5.41, 5.74) is 1.55. The van der Waals surface area contributed by atoms with E-state index in [0.717, 1.165) is 50.1 Å². The predicted octanol–water partition coefficient (Wildman–Crippen LogP) is 4.25. The lowest BCUT2D eigenvalue weighted by molar-refractivity contribution is 0.0293. The van der Waals surface area contributed by atoms with Gasteiger partial charge in [-0.3, -0.25) is 9.97 Å². The van der Waals surface area contributed by atoms with Crippen LogP contribution in [0.5, 0.6) is 0 Å². The maximum Gasteiger partial charge on any atom is 0.155 e. The molecule has 1 aliphatic carbocycles. The fraction of sp³-hybridized carbons (Fsp3) is 0.583. The number of halogens is 2. The van der Waals surface area contributed by atoms with Gasteiger partial charge in [0.25, 0.3) is 0 Å². The highest BCUT2D eigenvalue weighted by Gasteiger charge is 2.47. The molecule has 0 radical (unpaired) electrons. The summed E-state index contributed by atoms with van der Waals surface area (Å²) in [6.45, 7) is 5.78. The lowest BCUT2D eigenvalue weighted by Gasteiger charge is -2.42. The van der Waals surface area contributed by atoms with E-state index in [1.165, 1.54) is 25.3 Å². The predicted molar refractivity (Wildman–Crippen MR) is 113 cm³/mol. The molecule has 0 bridgehead atoms. The Kier molecular flexibility index (Phi) is 5.10. The van der Waals surface area contributed by atoms with Crippen LogP contribution in [0, 0.1) is 11.2 Å². The van der Waals surface area contributed by atoms with Crippen LogP contribution in [0.15, 0.2) is 30.6 Å². The maximum atomic E-state index is 16.2. The van der Waals surface area contributed by atoms with E-state index in [2.05, 4.69) is 20.2 Å². The Morgan fingerprint density at radius 1 is 1.13 bits per heavy atom. The van der Waals surface area contributed by atoms with Crippen LogP contribution in [0.3, 0.4) is 0 Å². The minimum Gasteiger partial charge on any atom is -0.316 e. The van der Waals surface area contributed by atoms with Crippen LogP contribution in [-0.2, 0) is 12.1 Å². The molecular weight excluding hydrogens is 382 g/mol. The first-order valence-corrected chi connectivity index (χ1v) is 11.3. The van der Waals surface area contributed by atoms with Gasteiger partial charge in [-0.2, -0.15) is 0 Å². The number of hydrogen-bond donors (Lipinski definition) is 1. The number of nitrogens with zero attached hydrogens (tertiary/aromatic N) is 3. The van der Waals surface area contributed by atoms with E-state index < -0.39 is 11.5 Å². The van der Waals surface area contributed by atoms with Crippen molar-refractivity contribution >= 4 is 0 Å². The molecular formula is C24H30F2N4. The summed E-state index contributed by atoms with van der Waals surface area (Å²) in [6, 6.07) is 5.80. The zero-order valence-electron chi connectivity index (χ0n) is 17.6. The second-order valence-electron chi connectivity index (χ2n) is 9.44. The number of aromatic nitrogens is 2. The lowest BCUT2D eigenvalue weighted by atomic mass is 9.80. The van der Waals surface area contributed by atoms with Crippen LogP contribution in [0.1, 0.15) is 50.4 Å². The molecule has 4 heterocycles. The molecule has 2 aromatic rings. The molecule has 3 aliphatic rings.